The highest BCUT2D eigenvalue weighted by Crippen LogP contribution is 2.27. The van der Waals surface area contributed by atoms with Crippen LogP contribution in [0.25, 0.3) is 0 Å². The van der Waals surface area contributed by atoms with E-state index in [2.05, 4.69) is 15.0 Å². The highest BCUT2D eigenvalue weighted by molar-refractivity contribution is 7.92. The van der Waals surface area contributed by atoms with Crippen LogP contribution in [0, 0.1) is 6.92 Å². The van der Waals surface area contributed by atoms with E-state index >= 15 is 0 Å². The van der Waals surface area contributed by atoms with Crippen LogP contribution in [0.5, 0.6) is 0 Å². The van der Waals surface area contributed by atoms with Gasteiger partial charge in [-0.1, -0.05) is 11.6 Å². The van der Waals surface area contributed by atoms with Crippen LogP contribution in [0.3, 0.4) is 0 Å². The molecule has 112 valence electrons. The van der Waals surface area contributed by atoms with E-state index in [9.17, 15) is 8.42 Å². The molecule has 8 heteroatoms. The minimum absolute atomic E-state index is 0. The Labute approximate surface area is 130 Å². The molecule has 0 aliphatic carbocycles. The van der Waals surface area contributed by atoms with Gasteiger partial charge in [-0.3, -0.25) is 9.71 Å². The van der Waals surface area contributed by atoms with Gasteiger partial charge in [-0.05, 0) is 30.2 Å². The quantitative estimate of drug-likeness (QED) is 0.882. The highest BCUT2D eigenvalue weighted by Gasteiger charge is 2.12. The van der Waals surface area contributed by atoms with Crippen molar-refractivity contribution in [3.63, 3.8) is 0 Å². The molecule has 0 fully saturated rings. The molecule has 2 rings (SSSR count). The number of nitrogens with zero attached hydrogens (tertiary/aromatic N) is 1. The molecular weight excluding hydrogens is 321 g/mol. The van der Waals surface area contributed by atoms with Crippen LogP contribution in [-0.2, 0) is 16.4 Å². The van der Waals surface area contributed by atoms with E-state index in [1.807, 2.05) is 6.07 Å². The monoisotopic (exact) mass is 337 g/mol. The molecule has 5 nitrogen and oxygen atoms in total. The molecular formula is C12H17Cl2N3O2S. The van der Waals surface area contributed by atoms with Crippen molar-refractivity contribution >= 4 is 45.6 Å². The Morgan fingerprint density at radius 3 is 2.70 bits per heavy atom. The zero-order chi connectivity index (χ0) is 14.0. The lowest BCUT2D eigenvalue weighted by Crippen LogP contribution is -2.20. The summed E-state index contributed by atoms with van der Waals surface area (Å²) in [6, 6.07) is 3.64. The van der Waals surface area contributed by atoms with Crippen molar-refractivity contribution < 1.29 is 8.42 Å². The second kappa shape index (κ2) is 6.65. The van der Waals surface area contributed by atoms with Crippen LogP contribution in [0.1, 0.15) is 11.1 Å². The van der Waals surface area contributed by atoms with E-state index < -0.39 is 10.0 Å². The fourth-order valence-electron chi connectivity index (χ4n) is 1.90. The van der Waals surface area contributed by atoms with Gasteiger partial charge in [0.25, 0.3) is 0 Å². The maximum absolute atomic E-state index is 11.3. The Hall–Kier alpha value is -0.980. The first-order valence-corrected chi connectivity index (χ1v) is 8.16. The summed E-state index contributed by atoms with van der Waals surface area (Å²) < 4.78 is 25.1. The Morgan fingerprint density at radius 2 is 2.15 bits per heavy atom. The molecule has 1 aromatic carbocycles. The standard InChI is InChI=1S/C12H16ClN3O2S.ClH/c1-8-10(13)5-9(7-12-14-3-4-15-12)6-11(8)16-19(2,17)18;/h5-6,16H,3-4,7H2,1-2H3,(H,14,15);1H. The maximum atomic E-state index is 11.3. The molecule has 1 heterocycles. The van der Waals surface area contributed by atoms with Gasteiger partial charge in [0, 0.05) is 18.0 Å². The molecule has 0 aromatic heterocycles. The summed E-state index contributed by atoms with van der Waals surface area (Å²) in [5, 5.41) is 3.72. The van der Waals surface area contributed by atoms with E-state index in [0.717, 1.165) is 36.3 Å². The van der Waals surface area contributed by atoms with Gasteiger partial charge in [-0.2, -0.15) is 0 Å². The van der Waals surface area contributed by atoms with Crippen molar-refractivity contribution in [3.05, 3.63) is 28.3 Å². The number of nitrogens with one attached hydrogen (secondary N) is 2. The van der Waals surface area contributed by atoms with Gasteiger partial charge in [0.1, 0.15) is 5.84 Å². The summed E-state index contributed by atoms with van der Waals surface area (Å²) in [5.41, 5.74) is 2.16. The van der Waals surface area contributed by atoms with Gasteiger partial charge in [0.05, 0.1) is 18.5 Å². The van der Waals surface area contributed by atoms with Crippen LogP contribution < -0.4 is 10.0 Å². The van der Waals surface area contributed by atoms with E-state index in [-0.39, 0.29) is 12.4 Å². The lowest BCUT2D eigenvalue weighted by molar-refractivity contribution is 0.607. The van der Waals surface area contributed by atoms with Crippen LogP contribution in [0.15, 0.2) is 17.1 Å². The first kappa shape index (κ1) is 17.1. The molecule has 0 atom stereocenters. The number of hydrogen-bond acceptors (Lipinski definition) is 4. The average molecular weight is 338 g/mol. The average Bonchev–Trinajstić information content (AvgIpc) is 2.76. The summed E-state index contributed by atoms with van der Waals surface area (Å²) >= 11 is 6.14. The number of sulfonamides is 1. The van der Waals surface area contributed by atoms with E-state index in [1.165, 1.54) is 0 Å². The molecule has 1 aliphatic heterocycles. The van der Waals surface area contributed by atoms with Crippen molar-refractivity contribution in [3.8, 4) is 0 Å². The van der Waals surface area contributed by atoms with Crippen molar-refractivity contribution in [1.82, 2.24) is 5.32 Å². The Balaban J connectivity index is 0.00000200. The van der Waals surface area contributed by atoms with E-state index in [0.29, 0.717) is 17.1 Å². The Bertz CT molecular complexity index is 630. The fourth-order valence-corrected chi connectivity index (χ4v) is 2.75. The number of halogens is 2. The predicted octanol–water partition coefficient (Wildman–Crippen LogP) is 1.99. The second-order valence-corrected chi connectivity index (χ2v) is 6.71. The molecule has 0 amide bonds. The minimum Gasteiger partial charge on any atom is -0.372 e. The number of hydrogen-bond donors (Lipinski definition) is 2. The number of amidine groups is 1. The van der Waals surface area contributed by atoms with Crippen molar-refractivity contribution in [1.29, 1.82) is 0 Å². The molecule has 0 saturated carbocycles. The molecule has 1 aromatic rings. The molecule has 20 heavy (non-hydrogen) atoms. The van der Waals surface area contributed by atoms with Gasteiger partial charge in [-0.15, -0.1) is 12.4 Å². The molecule has 2 N–H and O–H groups in total. The molecule has 0 unspecified atom stereocenters. The van der Waals surface area contributed by atoms with Crippen molar-refractivity contribution in [2.45, 2.75) is 13.3 Å². The van der Waals surface area contributed by atoms with Crippen molar-refractivity contribution in [2.75, 3.05) is 24.1 Å². The lowest BCUT2D eigenvalue weighted by atomic mass is 10.1. The van der Waals surface area contributed by atoms with Crippen LogP contribution in [0.4, 0.5) is 5.69 Å². The minimum atomic E-state index is -3.31. The normalized spacial score (nSPS) is 14.2. The Morgan fingerprint density at radius 1 is 1.45 bits per heavy atom. The SMILES string of the molecule is Cc1c(Cl)cc(CC2=NCCN2)cc1NS(C)(=O)=O.Cl. The summed E-state index contributed by atoms with van der Waals surface area (Å²) in [6.07, 6.45) is 1.74. The number of aliphatic imine (C=N–C) groups is 1. The van der Waals surface area contributed by atoms with Gasteiger partial charge in [0.2, 0.25) is 10.0 Å². The molecule has 0 saturated heterocycles. The predicted molar refractivity (Wildman–Crippen MR) is 85.9 cm³/mol. The van der Waals surface area contributed by atoms with Gasteiger partial charge in [0.15, 0.2) is 0 Å². The summed E-state index contributed by atoms with van der Waals surface area (Å²) in [7, 11) is -3.31. The van der Waals surface area contributed by atoms with Crippen LogP contribution in [0.2, 0.25) is 5.02 Å². The van der Waals surface area contributed by atoms with Crippen LogP contribution in [-0.4, -0.2) is 33.6 Å². The zero-order valence-corrected chi connectivity index (χ0v) is 13.6. The van der Waals surface area contributed by atoms with Crippen LogP contribution >= 0.6 is 24.0 Å². The highest BCUT2D eigenvalue weighted by atomic mass is 35.5. The number of anilines is 1. The summed E-state index contributed by atoms with van der Waals surface area (Å²) in [6.45, 7) is 3.41. The summed E-state index contributed by atoms with van der Waals surface area (Å²) in [5.74, 6) is 0.908. The Kier molecular flexibility index (Phi) is 5.68. The summed E-state index contributed by atoms with van der Waals surface area (Å²) in [4.78, 5) is 4.31. The first-order valence-electron chi connectivity index (χ1n) is 5.89. The van der Waals surface area contributed by atoms with E-state index in [4.69, 9.17) is 11.6 Å². The fraction of sp³-hybridized carbons (Fsp3) is 0.417. The third-order valence-electron chi connectivity index (χ3n) is 2.81. The maximum Gasteiger partial charge on any atom is 0.229 e. The third-order valence-corrected chi connectivity index (χ3v) is 3.80. The molecule has 0 radical (unpaired) electrons. The number of rotatable bonds is 4. The third kappa shape index (κ3) is 4.54. The lowest BCUT2D eigenvalue weighted by Gasteiger charge is -2.12. The second-order valence-electron chi connectivity index (χ2n) is 4.56. The van der Waals surface area contributed by atoms with Gasteiger partial charge >= 0.3 is 0 Å². The largest absolute Gasteiger partial charge is 0.372 e. The first-order chi connectivity index (χ1) is 8.85. The number of benzene rings is 1. The topological polar surface area (TPSA) is 70.6 Å². The molecule has 0 bridgehead atoms. The van der Waals surface area contributed by atoms with Gasteiger partial charge in [-0.25, -0.2) is 8.42 Å². The molecule has 1 aliphatic rings. The van der Waals surface area contributed by atoms with E-state index in [1.54, 1.807) is 13.0 Å². The molecule has 0 spiro atoms. The zero-order valence-electron chi connectivity index (χ0n) is 11.2. The van der Waals surface area contributed by atoms with Gasteiger partial charge < -0.3 is 5.32 Å². The smallest absolute Gasteiger partial charge is 0.229 e. The van der Waals surface area contributed by atoms with Crippen molar-refractivity contribution in [2.24, 2.45) is 4.99 Å².